The molecule has 0 N–H and O–H groups in total. The number of benzene rings is 3. The van der Waals surface area contributed by atoms with E-state index in [1.165, 1.54) is 42.5 Å². The molecule has 0 radical (unpaired) electrons. The van der Waals surface area contributed by atoms with Gasteiger partial charge in [0.1, 0.15) is 17.5 Å². The molecule has 1 fully saturated rings. The molecule has 4 nitrogen and oxygen atoms in total. The summed E-state index contributed by atoms with van der Waals surface area (Å²) in [7, 11) is 0. The van der Waals surface area contributed by atoms with E-state index in [0.717, 1.165) is 25.3 Å². The SMILES string of the molecule is O=CN1CCCCC1c1cc2c(cc1F)OC(c1ccccc1F)(c1ccccc1F)O2. The molecular formula is C25H20F3NO3. The van der Waals surface area contributed by atoms with Crippen molar-refractivity contribution < 1.29 is 27.4 Å². The van der Waals surface area contributed by atoms with Gasteiger partial charge in [-0.2, -0.15) is 0 Å². The predicted molar refractivity (Wildman–Crippen MR) is 111 cm³/mol. The third kappa shape index (κ3) is 3.20. The van der Waals surface area contributed by atoms with Crippen molar-refractivity contribution in [1.82, 2.24) is 4.90 Å². The summed E-state index contributed by atoms with van der Waals surface area (Å²) in [5, 5.41) is 0. The van der Waals surface area contributed by atoms with Gasteiger partial charge in [0.2, 0.25) is 6.41 Å². The van der Waals surface area contributed by atoms with Gasteiger partial charge in [-0.25, -0.2) is 13.2 Å². The fourth-order valence-electron chi connectivity index (χ4n) is 4.53. The number of likely N-dealkylation sites (tertiary alicyclic amines) is 1. The summed E-state index contributed by atoms with van der Waals surface area (Å²) in [6.45, 7) is 0.538. The third-order valence-corrected chi connectivity index (χ3v) is 6.07. The van der Waals surface area contributed by atoms with Crippen LogP contribution in [0.15, 0.2) is 60.7 Å². The highest BCUT2D eigenvalue weighted by molar-refractivity contribution is 5.54. The van der Waals surface area contributed by atoms with E-state index in [1.54, 1.807) is 17.0 Å². The van der Waals surface area contributed by atoms with Crippen LogP contribution in [-0.2, 0) is 10.6 Å². The summed E-state index contributed by atoms with van der Waals surface area (Å²) in [6.07, 6.45) is 3.04. The Balaban J connectivity index is 1.64. The first-order valence-electron chi connectivity index (χ1n) is 10.5. The van der Waals surface area contributed by atoms with E-state index in [4.69, 9.17) is 9.47 Å². The van der Waals surface area contributed by atoms with Gasteiger partial charge >= 0.3 is 5.79 Å². The van der Waals surface area contributed by atoms with Crippen molar-refractivity contribution >= 4 is 6.41 Å². The van der Waals surface area contributed by atoms with Crippen molar-refractivity contribution in [3.63, 3.8) is 0 Å². The highest BCUT2D eigenvalue weighted by atomic mass is 19.1. The Morgan fingerprint density at radius 2 is 1.44 bits per heavy atom. The monoisotopic (exact) mass is 439 g/mol. The maximum absolute atomic E-state index is 15.1. The number of fused-ring (bicyclic) bond motifs is 1. The van der Waals surface area contributed by atoms with Crippen molar-refractivity contribution in [3.05, 3.63) is 94.8 Å². The lowest BCUT2D eigenvalue weighted by atomic mass is 9.95. The highest BCUT2D eigenvalue weighted by Gasteiger charge is 2.49. The second-order valence-electron chi connectivity index (χ2n) is 7.96. The van der Waals surface area contributed by atoms with E-state index < -0.39 is 29.3 Å². The first-order chi connectivity index (χ1) is 15.5. The van der Waals surface area contributed by atoms with E-state index in [9.17, 15) is 13.6 Å². The molecule has 32 heavy (non-hydrogen) atoms. The zero-order valence-corrected chi connectivity index (χ0v) is 17.1. The molecule has 164 valence electrons. The summed E-state index contributed by atoms with van der Waals surface area (Å²) >= 11 is 0. The van der Waals surface area contributed by atoms with Crippen LogP contribution in [0.4, 0.5) is 13.2 Å². The van der Waals surface area contributed by atoms with Crippen LogP contribution in [0.3, 0.4) is 0 Å². The number of ether oxygens (including phenoxy) is 2. The molecule has 3 aromatic carbocycles. The molecule has 7 heteroatoms. The van der Waals surface area contributed by atoms with Gasteiger partial charge in [-0.3, -0.25) is 4.79 Å². The van der Waals surface area contributed by atoms with Gasteiger partial charge in [-0.1, -0.05) is 24.3 Å². The predicted octanol–water partition coefficient (Wildman–Crippen LogP) is 5.46. The summed E-state index contributed by atoms with van der Waals surface area (Å²) < 4.78 is 57.0. The second kappa shape index (κ2) is 7.89. The number of rotatable bonds is 4. The molecule has 1 unspecified atom stereocenters. The van der Waals surface area contributed by atoms with Gasteiger partial charge in [-0.05, 0) is 49.6 Å². The Kier molecular flexibility index (Phi) is 5.04. The van der Waals surface area contributed by atoms with Crippen LogP contribution in [0.5, 0.6) is 11.5 Å². The van der Waals surface area contributed by atoms with Crippen LogP contribution < -0.4 is 9.47 Å². The maximum Gasteiger partial charge on any atom is 0.311 e. The zero-order chi connectivity index (χ0) is 22.3. The number of halogens is 3. The Morgan fingerprint density at radius 3 is 2.03 bits per heavy atom. The molecule has 0 saturated carbocycles. The number of amides is 1. The summed E-state index contributed by atoms with van der Waals surface area (Å²) in [5.74, 6) is -3.63. The van der Waals surface area contributed by atoms with Crippen molar-refractivity contribution in [1.29, 1.82) is 0 Å². The molecule has 0 aromatic heterocycles. The average molecular weight is 439 g/mol. The molecule has 0 bridgehead atoms. The Morgan fingerprint density at radius 1 is 0.844 bits per heavy atom. The minimum Gasteiger partial charge on any atom is -0.440 e. The van der Waals surface area contributed by atoms with Gasteiger partial charge < -0.3 is 14.4 Å². The first-order valence-corrected chi connectivity index (χ1v) is 10.5. The number of nitrogens with zero attached hydrogens (tertiary/aromatic N) is 1. The fraction of sp³-hybridized carbons (Fsp3) is 0.240. The Hall–Kier alpha value is -3.48. The third-order valence-electron chi connectivity index (χ3n) is 6.07. The quantitative estimate of drug-likeness (QED) is 0.507. The Bertz CT molecular complexity index is 1140. The van der Waals surface area contributed by atoms with Gasteiger partial charge in [0.15, 0.2) is 11.5 Å². The minimum absolute atomic E-state index is 0.0320. The van der Waals surface area contributed by atoms with Crippen molar-refractivity contribution in [3.8, 4) is 11.5 Å². The number of carbonyl (C=O) groups is 1. The minimum atomic E-state index is -1.96. The van der Waals surface area contributed by atoms with Crippen LogP contribution in [0, 0.1) is 17.5 Å². The normalized spacial score (nSPS) is 19.1. The van der Waals surface area contributed by atoms with E-state index in [0.29, 0.717) is 13.0 Å². The van der Waals surface area contributed by atoms with Crippen molar-refractivity contribution in [2.75, 3.05) is 6.54 Å². The summed E-state index contributed by atoms with van der Waals surface area (Å²) in [5.41, 5.74) is 0.225. The first kappa shape index (κ1) is 20.4. The van der Waals surface area contributed by atoms with Crippen LogP contribution in [0.1, 0.15) is 42.0 Å². The summed E-state index contributed by atoms with van der Waals surface area (Å²) in [6, 6.07) is 13.7. The fourth-order valence-corrected chi connectivity index (χ4v) is 4.53. The van der Waals surface area contributed by atoms with Gasteiger partial charge in [0.05, 0.1) is 17.2 Å². The van der Waals surface area contributed by atoms with Crippen LogP contribution in [-0.4, -0.2) is 17.9 Å². The molecule has 1 saturated heterocycles. The van der Waals surface area contributed by atoms with Crippen LogP contribution >= 0.6 is 0 Å². The average Bonchev–Trinajstić information content (AvgIpc) is 3.18. The molecule has 2 aliphatic rings. The maximum atomic E-state index is 15.1. The molecule has 1 atom stereocenters. The number of hydrogen-bond acceptors (Lipinski definition) is 3. The van der Waals surface area contributed by atoms with Gasteiger partial charge in [0.25, 0.3) is 0 Å². The molecule has 0 aliphatic carbocycles. The smallest absolute Gasteiger partial charge is 0.311 e. The number of carbonyl (C=O) groups excluding carboxylic acids is 1. The number of hydrogen-bond donors (Lipinski definition) is 0. The molecule has 2 aliphatic heterocycles. The second-order valence-corrected chi connectivity index (χ2v) is 7.96. The lowest BCUT2D eigenvalue weighted by Crippen LogP contribution is -2.38. The van der Waals surface area contributed by atoms with Gasteiger partial charge in [-0.15, -0.1) is 0 Å². The zero-order valence-electron chi connectivity index (χ0n) is 17.1. The topological polar surface area (TPSA) is 38.8 Å². The lowest BCUT2D eigenvalue weighted by Gasteiger charge is -2.33. The molecule has 0 spiro atoms. The van der Waals surface area contributed by atoms with E-state index in [-0.39, 0.29) is 28.2 Å². The van der Waals surface area contributed by atoms with E-state index >= 15 is 4.39 Å². The molecule has 2 heterocycles. The van der Waals surface area contributed by atoms with Crippen LogP contribution in [0.25, 0.3) is 0 Å². The molecule has 3 aromatic rings. The molecule has 5 rings (SSSR count). The highest BCUT2D eigenvalue weighted by Crippen LogP contribution is 2.50. The lowest BCUT2D eigenvalue weighted by molar-refractivity contribution is -0.121. The van der Waals surface area contributed by atoms with Crippen molar-refractivity contribution in [2.45, 2.75) is 31.1 Å². The molecule has 1 amide bonds. The number of piperidine rings is 1. The molecular weight excluding hydrogens is 419 g/mol. The van der Waals surface area contributed by atoms with Crippen LogP contribution in [0.2, 0.25) is 0 Å². The summed E-state index contributed by atoms with van der Waals surface area (Å²) in [4.78, 5) is 13.1. The Labute approximate surface area is 183 Å². The van der Waals surface area contributed by atoms with Crippen molar-refractivity contribution in [2.24, 2.45) is 0 Å². The van der Waals surface area contributed by atoms with Gasteiger partial charge in [0, 0.05) is 18.2 Å². The largest absolute Gasteiger partial charge is 0.440 e. The van der Waals surface area contributed by atoms with E-state index in [2.05, 4.69) is 0 Å². The van der Waals surface area contributed by atoms with E-state index in [1.807, 2.05) is 0 Å². The standard InChI is InChI=1S/C25H20F3NO3/c26-19-9-3-1-7-17(19)25(18-8-2-4-10-20(18)27)31-23-13-16(21(28)14-24(23)32-25)22-11-5-6-12-29(22)15-30/h1-4,7-10,13-15,22H,5-6,11-12H2.